The Morgan fingerprint density at radius 3 is 2.16 bits per heavy atom. The van der Waals surface area contributed by atoms with Crippen molar-refractivity contribution in [2.24, 2.45) is 0 Å². The number of hydrogen-bond donors (Lipinski definition) is 4. The zero-order valence-corrected chi connectivity index (χ0v) is 16.3. The Hall–Kier alpha value is 0.1000. The van der Waals surface area contributed by atoms with Crippen LogP contribution >= 0.6 is 15.4 Å². The Kier molecular flexibility index (Phi) is 14.3. The normalized spacial score (nSPS) is 17.8. The number of ether oxygens (including phenoxy) is 2. The SMILES string of the molecule is CNCCCOCC(O)COP(=O)(O)OCCOCCOP(C)(=O)O. The molecule has 0 saturated carbocycles. The Balaban J connectivity index is 3.63. The Morgan fingerprint density at radius 2 is 1.56 bits per heavy atom. The number of phosphoric ester groups is 1. The molecule has 11 nitrogen and oxygen atoms in total. The minimum absolute atomic E-state index is 0.0149. The third-order valence-electron chi connectivity index (χ3n) is 2.50. The molecule has 0 saturated heterocycles. The molecule has 0 bridgehead atoms. The van der Waals surface area contributed by atoms with E-state index >= 15 is 0 Å². The third-order valence-corrected chi connectivity index (χ3v) is 4.14. The highest BCUT2D eigenvalue weighted by molar-refractivity contribution is 7.51. The molecular formula is C12H29NO10P2. The van der Waals surface area contributed by atoms with Crippen molar-refractivity contribution in [2.45, 2.75) is 12.5 Å². The van der Waals surface area contributed by atoms with E-state index in [1.807, 2.05) is 7.05 Å². The lowest BCUT2D eigenvalue weighted by Gasteiger charge is -2.15. The van der Waals surface area contributed by atoms with Crippen molar-refractivity contribution in [1.82, 2.24) is 5.32 Å². The van der Waals surface area contributed by atoms with Gasteiger partial charge >= 0.3 is 15.4 Å². The summed E-state index contributed by atoms with van der Waals surface area (Å²) in [6, 6.07) is 0. The van der Waals surface area contributed by atoms with Gasteiger partial charge in [0.1, 0.15) is 6.10 Å². The molecule has 3 atom stereocenters. The number of hydrogen-bond acceptors (Lipinski definition) is 9. The van der Waals surface area contributed by atoms with E-state index in [4.69, 9.17) is 14.4 Å². The van der Waals surface area contributed by atoms with Crippen LogP contribution in [-0.2, 0) is 32.2 Å². The van der Waals surface area contributed by atoms with Crippen LogP contribution in [0.25, 0.3) is 0 Å². The molecule has 3 unspecified atom stereocenters. The largest absolute Gasteiger partial charge is 0.472 e. The number of aliphatic hydroxyl groups is 1. The molecule has 152 valence electrons. The fraction of sp³-hybridized carbons (Fsp3) is 1.00. The van der Waals surface area contributed by atoms with Gasteiger partial charge in [0, 0.05) is 13.3 Å². The van der Waals surface area contributed by atoms with Gasteiger partial charge in [-0.3, -0.25) is 13.6 Å². The van der Waals surface area contributed by atoms with Gasteiger partial charge in [-0.25, -0.2) is 4.57 Å². The monoisotopic (exact) mass is 409 g/mol. The highest BCUT2D eigenvalue weighted by Crippen LogP contribution is 2.43. The molecule has 0 aliphatic rings. The highest BCUT2D eigenvalue weighted by Gasteiger charge is 2.22. The Labute approximate surface area is 147 Å². The molecule has 0 fully saturated rings. The third kappa shape index (κ3) is 18.7. The first kappa shape index (κ1) is 25.1. The Morgan fingerprint density at radius 1 is 0.920 bits per heavy atom. The number of rotatable bonds is 17. The minimum Gasteiger partial charge on any atom is -0.388 e. The van der Waals surface area contributed by atoms with Gasteiger partial charge < -0.3 is 34.2 Å². The number of nitrogens with one attached hydrogen (secondary N) is 1. The fourth-order valence-electron chi connectivity index (χ4n) is 1.42. The van der Waals surface area contributed by atoms with Gasteiger partial charge in [-0.1, -0.05) is 0 Å². The summed E-state index contributed by atoms with van der Waals surface area (Å²) >= 11 is 0. The van der Waals surface area contributed by atoms with Crippen molar-refractivity contribution in [1.29, 1.82) is 0 Å². The average Bonchev–Trinajstić information content (AvgIpc) is 2.51. The van der Waals surface area contributed by atoms with Crippen LogP contribution in [0, 0.1) is 0 Å². The number of aliphatic hydroxyl groups excluding tert-OH is 1. The van der Waals surface area contributed by atoms with Gasteiger partial charge in [0.25, 0.3) is 0 Å². The standard InChI is InChI=1S/C12H29NO10P2/c1-13-4-3-5-20-10-12(14)11-23-25(17,18)22-9-7-19-6-8-21-24(2,15)16/h12-14H,3-11H2,1-2H3,(H,15,16)(H,17,18). The van der Waals surface area contributed by atoms with Crippen molar-refractivity contribution >= 4 is 15.4 Å². The first-order chi connectivity index (χ1) is 11.7. The van der Waals surface area contributed by atoms with Gasteiger partial charge in [0.05, 0.1) is 39.6 Å². The minimum atomic E-state index is -4.30. The lowest BCUT2D eigenvalue weighted by Crippen LogP contribution is -2.22. The second-order valence-corrected chi connectivity index (χ2v) is 8.35. The summed E-state index contributed by atoms with van der Waals surface area (Å²) < 4.78 is 46.4. The lowest BCUT2D eigenvalue weighted by molar-refractivity contribution is -0.0000200. The zero-order chi connectivity index (χ0) is 19.2. The number of phosphoric acid groups is 1. The molecule has 13 heteroatoms. The second kappa shape index (κ2) is 14.2. The van der Waals surface area contributed by atoms with Crippen molar-refractivity contribution in [2.75, 3.05) is 66.5 Å². The van der Waals surface area contributed by atoms with E-state index in [1.54, 1.807) is 0 Å². The molecular weight excluding hydrogens is 380 g/mol. The van der Waals surface area contributed by atoms with Gasteiger partial charge in [-0.2, -0.15) is 0 Å². The molecule has 0 heterocycles. The summed E-state index contributed by atoms with van der Waals surface area (Å²) in [7, 11) is -6.01. The van der Waals surface area contributed by atoms with Crippen LogP contribution in [0.1, 0.15) is 6.42 Å². The molecule has 0 amide bonds. The second-order valence-electron chi connectivity index (χ2n) is 5.03. The van der Waals surface area contributed by atoms with Gasteiger partial charge in [0.15, 0.2) is 0 Å². The predicted octanol–water partition coefficient (Wildman–Crippen LogP) is -0.0446. The fourth-order valence-corrected chi connectivity index (χ4v) is 2.57. The van der Waals surface area contributed by atoms with Gasteiger partial charge in [-0.15, -0.1) is 0 Å². The maximum atomic E-state index is 11.6. The van der Waals surface area contributed by atoms with Crippen molar-refractivity contribution in [3.05, 3.63) is 0 Å². The summed E-state index contributed by atoms with van der Waals surface area (Å²) in [6.07, 6.45) is -0.263. The molecule has 0 aromatic rings. The summed E-state index contributed by atoms with van der Waals surface area (Å²) in [5.74, 6) is 0. The summed E-state index contributed by atoms with van der Waals surface area (Å²) in [4.78, 5) is 18.3. The van der Waals surface area contributed by atoms with Gasteiger partial charge in [-0.05, 0) is 20.0 Å². The van der Waals surface area contributed by atoms with Crippen LogP contribution in [0.15, 0.2) is 0 Å². The Bertz CT molecular complexity index is 419. The average molecular weight is 409 g/mol. The van der Waals surface area contributed by atoms with E-state index < -0.39 is 28.1 Å². The smallest absolute Gasteiger partial charge is 0.388 e. The van der Waals surface area contributed by atoms with Crippen molar-refractivity contribution in [3.8, 4) is 0 Å². The van der Waals surface area contributed by atoms with Crippen LogP contribution in [0.5, 0.6) is 0 Å². The summed E-state index contributed by atoms with van der Waals surface area (Å²) in [6.45, 7) is 1.56. The molecule has 4 N–H and O–H groups in total. The summed E-state index contributed by atoms with van der Waals surface area (Å²) in [5.41, 5.74) is 0. The quantitative estimate of drug-likeness (QED) is 0.189. The first-order valence-electron chi connectivity index (χ1n) is 7.71. The molecule has 0 aromatic heterocycles. The van der Waals surface area contributed by atoms with Crippen molar-refractivity contribution in [3.63, 3.8) is 0 Å². The van der Waals surface area contributed by atoms with Crippen molar-refractivity contribution < 1.29 is 47.1 Å². The topological polar surface area (TPSA) is 153 Å². The molecule has 0 radical (unpaired) electrons. The molecule has 0 aliphatic heterocycles. The van der Waals surface area contributed by atoms with E-state index in [9.17, 15) is 19.1 Å². The molecule has 0 aromatic carbocycles. The first-order valence-corrected chi connectivity index (χ1v) is 11.2. The van der Waals surface area contributed by atoms with E-state index in [1.165, 1.54) is 0 Å². The van der Waals surface area contributed by atoms with E-state index in [2.05, 4.69) is 18.9 Å². The lowest BCUT2D eigenvalue weighted by atomic mass is 10.4. The summed E-state index contributed by atoms with van der Waals surface area (Å²) in [5, 5.41) is 12.5. The van der Waals surface area contributed by atoms with Gasteiger partial charge in [0.2, 0.25) is 0 Å². The van der Waals surface area contributed by atoms with Crippen LogP contribution in [-0.4, -0.2) is 87.5 Å². The molecule has 0 spiro atoms. The highest BCUT2D eigenvalue weighted by atomic mass is 31.2. The van der Waals surface area contributed by atoms with Crippen LogP contribution in [0.3, 0.4) is 0 Å². The molecule has 0 rings (SSSR count). The van der Waals surface area contributed by atoms with Crippen LogP contribution < -0.4 is 5.32 Å². The van der Waals surface area contributed by atoms with E-state index in [-0.39, 0.29) is 33.0 Å². The molecule has 0 aliphatic carbocycles. The predicted molar refractivity (Wildman–Crippen MR) is 89.6 cm³/mol. The van der Waals surface area contributed by atoms with Crippen LogP contribution in [0.4, 0.5) is 0 Å². The maximum absolute atomic E-state index is 11.6. The zero-order valence-electron chi connectivity index (χ0n) is 14.5. The molecule has 25 heavy (non-hydrogen) atoms. The maximum Gasteiger partial charge on any atom is 0.472 e. The van der Waals surface area contributed by atoms with E-state index in [0.717, 1.165) is 19.6 Å². The van der Waals surface area contributed by atoms with E-state index in [0.29, 0.717) is 6.61 Å². The van der Waals surface area contributed by atoms with Crippen LogP contribution in [0.2, 0.25) is 0 Å².